The fourth-order valence-corrected chi connectivity index (χ4v) is 7.51. The van der Waals surface area contributed by atoms with Crippen LogP contribution in [0.1, 0.15) is 99.3 Å². The summed E-state index contributed by atoms with van der Waals surface area (Å²) in [6.45, 7) is 15.3. The van der Waals surface area contributed by atoms with Gasteiger partial charge in [0.1, 0.15) is 12.2 Å². The van der Waals surface area contributed by atoms with Crippen LogP contribution in [0.4, 0.5) is 4.79 Å². The van der Waals surface area contributed by atoms with Crippen molar-refractivity contribution in [3.05, 3.63) is 36.0 Å². The summed E-state index contributed by atoms with van der Waals surface area (Å²) >= 11 is 0. The van der Waals surface area contributed by atoms with Crippen molar-refractivity contribution in [1.82, 2.24) is 9.80 Å². The molecule has 10 heteroatoms. The Kier molecular flexibility index (Phi) is 14.1. The van der Waals surface area contributed by atoms with Crippen LogP contribution in [-0.4, -0.2) is 112 Å². The zero-order valence-electron chi connectivity index (χ0n) is 30.1. The van der Waals surface area contributed by atoms with Gasteiger partial charge in [-0.25, -0.2) is 4.79 Å². The number of ether oxygens (including phenoxy) is 3. The van der Waals surface area contributed by atoms with E-state index in [1.807, 2.05) is 57.7 Å². The van der Waals surface area contributed by atoms with Crippen molar-refractivity contribution in [2.75, 3.05) is 26.2 Å². The first-order valence-corrected chi connectivity index (χ1v) is 18.4. The maximum absolute atomic E-state index is 13.5. The maximum atomic E-state index is 13.5. The number of hydrogen-bond donors (Lipinski definition) is 3. The van der Waals surface area contributed by atoms with Gasteiger partial charge in [-0.05, 0) is 89.4 Å². The van der Waals surface area contributed by atoms with Gasteiger partial charge in [0.15, 0.2) is 0 Å². The summed E-state index contributed by atoms with van der Waals surface area (Å²) in [6.07, 6.45) is 12.7. The average molecular weight is 675 g/mol. The van der Waals surface area contributed by atoms with Crippen molar-refractivity contribution >= 4 is 12.1 Å². The van der Waals surface area contributed by atoms with E-state index in [-0.39, 0.29) is 48.5 Å². The van der Waals surface area contributed by atoms with Crippen LogP contribution < -0.4 is 0 Å². The van der Waals surface area contributed by atoms with Crippen LogP contribution in [0.5, 0.6) is 0 Å². The molecule has 4 aliphatic rings. The topological polar surface area (TPSA) is 132 Å². The molecule has 10 nitrogen and oxygen atoms in total. The average Bonchev–Trinajstić information content (AvgIpc) is 3.37. The van der Waals surface area contributed by atoms with Crippen LogP contribution >= 0.6 is 0 Å². The molecule has 0 aromatic heterocycles. The summed E-state index contributed by atoms with van der Waals surface area (Å²) in [5, 5.41) is 31.9. The summed E-state index contributed by atoms with van der Waals surface area (Å²) in [4.78, 5) is 30.7. The van der Waals surface area contributed by atoms with Crippen LogP contribution in [0.25, 0.3) is 0 Å². The highest BCUT2D eigenvalue weighted by Crippen LogP contribution is 2.37. The van der Waals surface area contributed by atoms with Crippen LogP contribution in [-0.2, 0) is 19.0 Å². The molecule has 0 aromatic rings. The summed E-state index contributed by atoms with van der Waals surface area (Å²) in [5.41, 5.74) is -0.343. The summed E-state index contributed by atoms with van der Waals surface area (Å²) < 4.78 is 17.9. The molecule has 0 radical (unpaired) electrons. The molecular weight excluding hydrogens is 612 g/mol. The van der Waals surface area contributed by atoms with E-state index < -0.39 is 36.0 Å². The highest BCUT2D eigenvalue weighted by molar-refractivity contribution is 5.70. The van der Waals surface area contributed by atoms with Gasteiger partial charge in [-0.2, -0.15) is 0 Å². The van der Waals surface area contributed by atoms with Gasteiger partial charge in [0.05, 0.1) is 36.4 Å². The largest absolute Gasteiger partial charge is 0.457 e. The van der Waals surface area contributed by atoms with Crippen molar-refractivity contribution in [2.45, 2.75) is 148 Å². The summed E-state index contributed by atoms with van der Waals surface area (Å²) in [5.74, 6) is -0.753. The molecule has 48 heavy (non-hydrogen) atoms. The lowest BCUT2D eigenvalue weighted by atomic mass is 9.91. The molecule has 11 atom stereocenters. The van der Waals surface area contributed by atoms with Crippen molar-refractivity contribution in [1.29, 1.82) is 0 Å². The van der Waals surface area contributed by atoms with Crippen LogP contribution in [0, 0.1) is 17.8 Å². The van der Waals surface area contributed by atoms with Gasteiger partial charge in [-0.15, -0.1) is 0 Å². The highest BCUT2D eigenvalue weighted by atomic mass is 16.6. The molecule has 0 bridgehead atoms. The van der Waals surface area contributed by atoms with Crippen molar-refractivity contribution in [2.24, 2.45) is 17.8 Å². The van der Waals surface area contributed by atoms with Crippen molar-refractivity contribution in [3.8, 4) is 0 Å². The number of nitrogens with zero attached hydrogens (tertiary/aromatic N) is 2. The van der Waals surface area contributed by atoms with E-state index in [1.54, 1.807) is 19.1 Å². The number of hydrogen-bond acceptors (Lipinski definition) is 9. The lowest BCUT2D eigenvalue weighted by molar-refractivity contribution is -0.151. The Labute approximate surface area is 288 Å². The third-order valence-corrected chi connectivity index (χ3v) is 10.8. The van der Waals surface area contributed by atoms with Gasteiger partial charge in [-0.3, -0.25) is 4.79 Å². The molecule has 0 aliphatic carbocycles. The van der Waals surface area contributed by atoms with Gasteiger partial charge in [0.25, 0.3) is 0 Å². The normalized spacial score (nSPS) is 35.7. The number of epoxide rings is 1. The van der Waals surface area contributed by atoms with E-state index >= 15 is 0 Å². The second-order valence-corrected chi connectivity index (χ2v) is 15.2. The van der Waals surface area contributed by atoms with E-state index in [4.69, 9.17) is 14.2 Å². The quantitative estimate of drug-likeness (QED) is 0.118. The molecule has 10 unspecified atom stereocenters. The first kappa shape index (κ1) is 38.6. The fraction of sp³-hybridized carbons (Fsp3) is 0.789. The van der Waals surface area contributed by atoms with Gasteiger partial charge >= 0.3 is 12.1 Å². The van der Waals surface area contributed by atoms with Gasteiger partial charge in [-0.1, -0.05) is 52.0 Å². The minimum atomic E-state index is -1.12. The molecule has 4 heterocycles. The number of cyclic esters (lactones) is 1. The molecule has 4 aliphatic heterocycles. The third kappa shape index (κ3) is 11.1. The maximum Gasteiger partial charge on any atom is 0.410 e. The third-order valence-electron chi connectivity index (χ3n) is 10.8. The van der Waals surface area contributed by atoms with Gasteiger partial charge in [0.2, 0.25) is 0 Å². The Bertz CT molecular complexity index is 1150. The van der Waals surface area contributed by atoms with Gasteiger partial charge in [0, 0.05) is 37.4 Å². The van der Waals surface area contributed by atoms with Crippen molar-refractivity contribution in [3.63, 3.8) is 0 Å². The lowest BCUT2D eigenvalue weighted by Gasteiger charge is -2.31. The number of aliphatic hydroxyl groups excluding tert-OH is 2. The Morgan fingerprint density at radius 2 is 1.88 bits per heavy atom. The minimum absolute atomic E-state index is 0.00813. The number of carbonyl (C=O) groups excluding carboxylic acids is 2. The molecule has 1 amide bonds. The SMILES string of the molecule is CCC(O)C(C)C1OC1CC(C)(O)/C=C/C=C(\C)C1OC(=O)CC(O)CCC(C)C(OC(=O)N2CCC[C@H]2CN2CCCC2)/C=C/C1C. The predicted molar refractivity (Wildman–Crippen MR) is 185 cm³/mol. The second-order valence-electron chi connectivity index (χ2n) is 15.2. The lowest BCUT2D eigenvalue weighted by Crippen LogP contribution is -2.44. The van der Waals surface area contributed by atoms with E-state index in [2.05, 4.69) is 4.90 Å². The molecule has 3 saturated heterocycles. The van der Waals surface area contributed by atoms with Crippen LogP contribution in [0.3, 0.4) is 0 Å². The zero-order valence-corrected chi connectivity index (χ0v) is 30.1. The second kappa shape index (κ2) is 17.6. The Morgan fingerprint density at radius 1 is 1.15 bits per heavy atom. The predicted octanol–water partition coefficient (Wildman–Crippen LogP) is 5.15. The smallest absolute Gasteiger partial charge is 0.410 e. The number of allylic oxidation sites excluding steroid dienone is 2. The molecular formula is C38H62N2O8. The number of likely N-dealkylation sites (tertiary alicyclic amines) is 2. The molecule has 4 rings (SSSR count). The molecule has 0 aromatic carbocycles. The van der Waals surface area contributed by atoms with E-state index in [1.165, 1.54) is 12.8 Å². The number of aliphatic hydroxyl groups is 3. The molecule has 272 valence electrons. The van der Waals surface area contributed by atoms with E-state index in [0.717, 1.165) is 38.0 Å². The summed E-state index contributed by atoms with van der Waals surface area (Å²) in [6, 6.07) is 0.169. The number of carbonyl (C=O) groups is 2. The van der Waals surface area contributed by atoms with Gasteiger partial charge < -0.3 is 39.3 Å². The van der Waals surface area contributed by atoms with Crippen molar-refractivity contribution < 1.29 is 39.1 Å². The van der Waals surface area contributed by atoms with Crippen LogP contribution in [0.2, 0.25) is 0 Å². The number of rotatable bonds is 11. The Morgan fingerprint density at radius 3 is 2.58 bits per heavy atom. The highest BCUT2D eigenvalue weighted by Gasteiger charge is 2.47. The number of amides is 1. The first-order chi connectivity index (χ1) is 22.8. The standard InChI is InChI=1S/C38H62N2O8/c1-7-31(42)28(5)36-33(46-36)23-38(6,45)18-10-12-26(3)35-27(4)15-17-32(25(2)14-16-30(41)22-34(43)48-35)47-37(44)40-21-11-13-29(40)24-39-19-8-9-20-39/h10,12,15,17-18,25,27-33,35-36,41-42,45H,7-9,11,13-14,16,19-24H2,1-6H3/b17-15+,18-10+,26-12+/t25?,27?,28?,29-,30?,31?,32?,33?,35?,36?,38?/m0/s1. The summed E-state index contributed by atoms with van der Waals surface area (Å²) in [7, 11) is 0. The Balaban J connectivity index is 1.43. The van der Waals surface area contributed by atoms with Crippen LogP contribution in [0.15, 0.2) is 36.0 Å². The first-order valence-electron chi connectivity index (χ1n) is 18.4. The molecule has 3 N–H and O–H groups in total. The monoisotopic (exact) mass is 674 g/mol. The minimum Gasteiger partial charge on any atom is -0.457 e. The van der Waals surface area contributed by atoms with E-state index in [9.17, 15) is 24.9 Å². The van der Waals surface area contributed by atoms with E-state index in [0.29, 0.717) is 32.2 Å². The molecule has 0 spiro atoms. The number of esters is 1. The zero-order chi connectivity index (χ0) is 35.0. The molecule has 3 fully saturated rings. The fourth-order valence-electron chi connectivity index (χ4n) is 7.51. The Hall–Kier alpha value is -2.24. The molecule has 0 saturated carbocycles.